The van der Waals surface area contributed by atoms with E-state index in [4.69, 9.17) is 0 Å². The molecule has 1 atom stereocenters. The van der Waals surface area contributed by atoms with E-state index in [0.717, 1.165) is 4.90 Å². The Morgan fingerprint density at radius 3 is 2.63 bits per heavy atom. The van der Waals surface area contributed by atoms with Crippen LogP contribution in [0.3, 0.4) is 0 Å². The number of rotatable bonds is 4. The number of nitrogens with zero attached hydrogens (tertiary/aromatic N) is 2. The Morgan fingerprint density at radius 1 is 1.42 bits per heavy atom. The fraction of sp³-hybridized carbons (Fsp3) is 0.385. The molecule has 19 heavy (non-hydrogen) atoms. The van der Waals surface area contributed by atoms with Crippen LogP contribution in [0.1, 0.15) is 47.5 Å². The number of carboxylic acids is 1. The van der Waals surface area contributed by atoms with Gasteiger partial charge in [-0.05, 0) is 25.5 Å². The van der Waals surface area contributed by atoms with Gasteiger partial charge in [0.2, 0.25) is 0 Å². The molecule has 0 bridgehead atoms. The number of carbonyl (C=O) groups excluding carboxylic acids is 2. The Balaban J connectivity index is 2.51. The zero-order valence-corrected chi connectivity index (χ0v) is 10.7. The number of aromatic nitrogens is 1. The second-order valence-corrected chi connectivity index (χ2v) is 4.67. The van der Waals surface area contributed by atoms with E-state index < -0.39 is 23.3 Å². The predicted octanol–water partition coefficient (Wildman–Crippen LogP) is 1.32. The molecule has 0 radical (unpaired) electrons. The summed E-state index contributed by atoms with van der Waals surface area (Å²) in [6.07, 6.45) is 2.16. The molecule has 1 N–H and O–H groups in total. The summed E-state index contributed by atoms with van der Waals surface area (Å²) in [6.45, 7) is 3.19. The lowest BCUT2D eigenvalue weighted by Gasteiger charge is -2.32. The summed E-state index contributed by atoms with van der Waals surface area (Å²) in [6, 6.07) is 3.03. The van der Waals surface area contributed by atoms with Crippen LogP contribution in [-0.4, -0.2) is 38.3 Å². The van der Waals surface area contributed by atoms with Crippen molar-refractivity contribution in [1.82, 2.24) is 9.88 Å². The maximum absolute atomic E-state index is 12.2. The van der Waals surface area contributed by atoms with Gasteiger partial charge in [-0.1, -0.05) is 13.3 Å². The van der Waals surface area contributed by atoms with Gasteiger partial charge in [-0.3, -0.25) is 19.5 Å². The number of hydrogen-bond donors (Lipinski definition) is 1. The highest BCUT2D eigenvalue weighted by molar-refractivity contribution is 6.22. The number of carbonyl (C=O) groups is 3. The minimum atomic E-state index is -1.54. The molecule has 1 unspecified atom stereocenters. The summed E-state index contributed by atoms with van der Waals surface area (Å²) in [7, 11) is 0. The number of imide groups is 1. The molecule has 1 aromatic heterocycles. The molecular formula is C13H14N2O4. The maximum atomic E-state index is 12.2. The fourth-order valence-electron chi connectivity index (χ4n) is 2.32. The van der Waals surface area contributed by atoms with Crippen molar-refractivity contribution < 1.29 is 19.5 Å². The lowest BCUT2D eigenvalue weighted by molar-refractivity contribution is -0.148. The Hall–Kier alpha value is -2.24. The van der Waals surface area contributed by atoms with Gasteiger partial charge in [0.15, 0.2) is 0 Å². The van der Waals surface area contributed by atoms with Crippen molar-refractivity contribution in [2.75, 3.05) is 0 Å². The van der Waals surface area contributed by atoms with Crippen molar-refractivity contribution in [2.24, 2.45) is 0 Å². The molecular weight excluding hydrogens is 248 g/mol. The molecule has 2 heterocycles. The molecule has 0 fully saturated rings. The molecule has 2 rings (SSSR count). The third-order valence-corrected chi connectivity index (χ3v) is 3.34. The van der Waals surface area contributed by atoms with E-state index in [9.17, 15) is 19.5 Å². The molecule has 0 aliphatic carbocycles. The molecule has 1 aliphatic rings. The van der Waals surface area contributed by atoms with Crippen molar-refractivity contribution in [2.45, 2.75) is 32.2 Å². The lowest BCUT2D eigenvalue weighted by Crippen LogP contribution is -2.55. The summed E-state index contributed by atoms with van der Waals surface area (Å²) in [4.78, 5) is 40.6. The molecule has 100 valence electrons. The number of aliphatic carboxylic acids is 1. The minimum Gasteiger partial charge on any atom is -0.479 e. The summed E-state index contributed by atoms with van der Waals surface area (Å²) < 4.78 is 0. The van der Waals surface area contributed by atoms with Crippen molar-refractivity contribution in [3.63, 3.8) is 0 Å². The van der Waals surface area contributed by atoms with Crippen LogP contribution >= 0.6 is 0 Å². The van der Waals surface area contributed by atoms with E-state index in [-0.39, 0.29) is 17.7 Å². The smallest absolute Gasteiger partial charge is 0.329 e. The number of carboxylic acid groups (broad SMARTS) is 1. The van der Waals surface area contributed by atoms with E-state index >= 15 is 0 Å². The van der Waals surface area contributed by atoms with Crippen LogP contribution in [0.25, 0.3) is 0 Å². The van der Waals surface area contributed by atoms with E-state index in [1.54, 1.807) is 13.0 Å². The molecule has 1 aliphatic heterocycles. The number of amides is 2. The molecule has 6 heteroatoms. The first-order valence-electron chi connectivity index (χ1n) is 6.00. The van der Waals surface area contributed by atoms with Crippen molar-refractivity contribution >= 4 is 17.8 Å². The third-order valence-electron chi connectivity index (χ3n) is 3.34. The molecule has 0 saturated carbocycles. The van der Waals surface area contributed by atoms with Crippen LogP contribution in [0.4, 0.5) is 0 Å². The van der Waals surface area contributed by atoms with Gasteiger partial charge in [-0.2, -0.15) is 0 Å². The zero-order chi connectivity index (χ0) is 14.2. The number of pyridine rings is 1. The summed E-state index contributed by atoms with van der Waals surface area (Å²) in [5.74, 6) is -2.42. The van der Waals surface area contributed by atoms with Crippen LogP contribution in [0.2, 0.25) is 0 Å². The average Bonchev–Trinajstić information content (AvgIpc) is 2.63. The highest BCUT2D eigenvalue weighted by Gasteiger charge is 2.50. The van der Waals surface area contributed by atoms with Gasteiger partial charge in [0, 0.05) is 6.20 Å². The van der Waals surface area contributed by atoms with E-state index in [0.29, 0.717) is 6.42 Å². The highest BCUT2D eigenvalue weighted by atomic mass is 16.4. The normalized spacial score (nSPS) is 17.3. The van der Waals surface area contributed by atoms with Gasteiger partial charge in [-0.15, -0.1) is 0 Å². The summed E-state index contributed by atoms with van der Waals surface area (Å²) in [5, 5.41) is 9.37. The summed E-state index contributed by atoms with van der Waals surface area (Å²) >= 11 is 0. The molecule has 0 spiro atoms. The Morgan fingerprint density at radius 2 is 2.11 bits per heavy atom. The third kappa shape index (κ3) is 1.80. The van der Waals surface area contributed by atoms with E-state index in [1.165, 1.54) is 19.2 Å². The first kappa shape index (κ1) is 13.2. The van der Waals surface area contributed by atoms with Gasteiger partial charge >= 0.3 is 5.97 Å². The van der Waals surface area contributed by atoms with E-state index in [2.05, 4.69) is 4.98 Å². The minimum absolute atomic E-state index is 0.0241. The van der Waals surface area contributed by atoms with Gasteiger partial charge in [-0.25, -0.2) is 4.79 Å². The Bertz CT molecular complexity index is 535. The van der Waals surface area contributed by atoms with Crippen LogP contribution in [0, 0.1) is 0 Å². The largest absolute Gasteiger partial charge is 0.479 e. The van der Waals surface area contributed by atoms with Crippen molar-refractivity contribution in [1.29, 1.82) is 0 Å². The monoisotopic (exact) mass is 262 g/mol. The Kier molecular flexibility index (Phi) is 3.09. The van der Waals surface area contributed by atoms with Gasteiger partial charge in [0.1, 0.15) is 11.2 Å². The van der Waals surface area contributed by atoms with Crippen molar-refractivity contribution in [3.05, 3.63) is 29.6 Å². The summed E-state index contributed by atoms with van der Waals surface area (Å²) in [5.41, 5.74) is -1.35. The SMILES string of the molecule is CCCC(C)(C(=O)O)N1C(=O)c2cccnc2C1=O. The van der Waals surface area contributed by atoms with E-state index in [1.807, 2.05) is 0 Å². The predicted molar refractivity (Wildman–Crippen MR) is 65.7 cm³/mol. The zero-order valence-electron chi connectivity index (χ0n) is 10.7. The fourth-order valence-corrected chi connectivity index (χ4v) is 2.32. The molecule has 2 amide bonds. The van der Waals surface area contributed by atoms with Gasteiger partial charge < -0.3 is 5.11 Å². The number of fused-ring (bicyclic) bond motifs is 1. The van der Waals surface area contributed by atoms with Crippen LogP contribution in [-0.2, 0) is 4.79 Å². The lowest BCUT2D eigenvalue weighted by atomic mass is 9.94. The molecule has 1 aromatic rings. The quantitative estimate of drug-likeness (QED) is 0.827. The van der Waals surface area contributed by atoms with Crippen molar-refractivity contribution in [3.8, 4) is 0 Å². The highest BCUT2D eigenvalue weighted by Crippen LogP contribution is 2.31. The van der Waals surface area contributed by atoms with Crippen LogP contribution in [0.15, 0.2) is 18.3 Å². The maximum Gasteiger partial charge on any atom is 0.329 e. The second kappa shape index (κ2) is 4.46. The topological polar surface area (TPSA) is 87.6 Å². The van der Waals surface area contributed by atoms with Crippen LogP contribution in [0.5, 0.6) is 0 Å². The average molecular weight is 262 g/mol. The van der Waals surface area contributed by atoms with Gasteiger partial charge in [0.05, 0.1) is 5.56 Å². The Labute approximate surface area is 110 Å². The molecule has 0 aromatic carbocycles. The molecule has 6 nitrogen and oxygen atoms in total. The number of hydrogen-bond acceptors (Lipinski definition) is 4. The first-order valence-corrected chi connectivity index (χ1v) is 6.00. The van der Waals surface area contributed by atoms with Crippen LogP contribution < -0.4 is 0 Å². The molecule has 0 saturated heterocycles. The standard InChI is InChI=1S/C13H14N2O4/c1-3-6-13(2,12(18)19)15-10(16)8-5-4-7-14-9(8)11(15)17/h4-5,7H,3,6H2,1-2H3,(H,18,19). The second-order valence-electron chi connectivity index (χ2n) is 4.67. The van der Waals surface area contributed by atoms with Gasteiger partial charge in [0.25, 0.3) is 11.8 Å². The first-order chi connectivity index (χ1) is 8.93.